The summed E-state index contributed by atoms with van der Waals surface area (Å²) in [7, 11) is 0. The van der Waals surface area contributed by atoms with Gasteiger partial charge in [0.05, 0.1) is 0 Å². The number of rotatable bonds is 2. The Labute approximate surface area is 128 Å². The summed E-state index contributed by atoms with van der Waals surface area (Å²) in [5, 5.41) is 0. The molecular formula is C17H10F6. The number of benzene rings is 2. The molecule has 0 aliphatic heterocycles. The maximum atomic E-state index is 13.2. The third-order valence-corrected chi connectivity index (χ3v) is 2.94. The van der Waals surface area contributed by atoms with Crippen molar-refractivity contribution in [2.24, 2.45) is 0 Å². The standard InChI is InChI=1S/C17H10F6/c18-16(19,20)14(12-7-3-1-4-8-12)11-15(17(21,22)23)13-9-5-2-6-10-13/h1-10H. The predicted molar refractivity (Wildman–Crippen MR) is 75.3 cm³/mol. The van der Waals surface area contributed by atoms with E-state index in [0.29, 0.717) is 0 Å². The third kappa shape index (κ3) is 4.27. The van der Waals surface area contributed by atoms with E-state index >= 15 is 0 Å². The van der Waals surface area contributed by atoms with Crippen LogP contribution in [0.15, 0.2) is 66.4 Å². The normalized spacial score (nSPS) is 11.7. The first kappa shape index (κ1) is 16.9. The molecule has 120 valence electrons. The van der Waals surface area contributed by atoms with Gasteiger partial charge in [0.2, 0.25) is 0 Å². The molecule has 0 bridgehead atoms. The van der Waals surface area contributed by atoms with Crippen molar-refractivity contribution in [1.82, 2.24) is 0 Å². The van der Waals surface area contributed by atoms with E-state index in [1.165, 1.54) is 36.4 Å². The molecule has 0 heterocycles. The Kier molecular flexibility index (Phi) is 4.66. The van der Waals surface area contributed by atoms with Crippen molar-refractivity contribution in [3.05, 3.63) is 77.5 Å². The maximum absolute atomic E-state index is 13.2. The van der Waals surface area contributed by atoms with Crippen molar-refractivity contribution < 1.29 is 26.3 Å². The first-order valence-corrected chi connectivity index (χ1v) is 6.46. The van der Waals surface area contributed by atoms with E-state index in [1.807, 2.05) is 0 Å². The first-order chi connectivity index (χ1) is 10.7. The molecule has 0 radical (unpaired) electrons. The van der Waals surface area contributed by atoms with Gasteiger partial charge >= 0.3 is 12.4 Å². The van der Waals surface area contributed by atoms with Crippen molar-refractivity contribution in [2.75, 3.05) is 0 Å². The van der Waals surface area contributed by atoms with Crippen LogP contribution >= 0.6 is 0 Å². The van der Waals surface area contributed by atoms with Gasteiger partial charge < -0.3 is 0 Å². The lowest BCUT2D eigenvalue weighted by Gasteiger charge is -2.13. The van der Waals surface area contributed by atoms with E-state index < -0.39 is 23.5 Å². The molecule has 2 aromatic rings. The smallest absolute Gasteiger partial charge is 0.165 e. The summed E-state index contributed by atoms with van der Waals surface area (Å²) < 4.78 is 79.1. The highest BCUT2D eigenvalue weighted by atomic mass is 19.4. The average Bonchev–Trinajstić information content (AvgIpc) is 2.47. The fraction of sp³-hybridized carbons (Fsp3) is 0.118. The minimum absolute atomic E-state index is 0.377. The summed E-state index contributed by atoms with van der Waals surface area (Å²) in [4.78, 5) is 0. The molecule has 0 atom stereocenters. The monoisotopic (exact) mass is 328 g/mol. The minimum Gasteiger partial charge on any atom is -0.165 e. The van der Waals surface area contributed by atoms with Crippen molar-refractivity contribution in [2.45, 2.75) is 12.4 Å². The van der Waals surface area contributed by atoms with Crippen LogP contribution in [-0.4, -0.2) is 12.4 Å². The molecule has 0 nitrogen and oxygen atoms in total. The third-order valence-electron chi connectivity index (χ3n) is 2.94. The Morgan fingerprint density at radius 1 is 0.565 bits per heavy atom. The summed E-state index contributed by atoms with van der Waals surface area (Å²) in [6.45, 7) is 0. The van der Waals surface area contributed by atoms with Crippen LogP contribution in [-0.2, 0) is 0 Å². The second-order valence-corrected chi connectivity index (χ2v) is 4.60. The van der Waals surface area contributed by atoms with Crippen LogP contribution in [0.3, 0.4) is 0 Å². The molecule has 0 unspecified atom stereocenters. The highest BCUT2D eigenvalue weighted by Crippen LogP contribution is 2.38. The second-order valence-electron chi connectivity index (χ2n) is 4.60. The van der Waals surface area contributed by atoms with E-state index in [9.17, 15) is 26.3 Å². The minimum atomic E-state index is -4.97. The number of hydrogen-bond acceptors (Lipinski definition) is 0. The molecule has 0 amide bonds. The topological polar surface area (TPSA) is 0 Å². The Morgan fingerprint density at radius 2 is 0.870 bits per heavy atom. The molecule has 0 aliphatic carbocycles. The van der Waals surface area contributed by atoms with Gasteiger partial charge in [0.25, 0.3) is 0 Å². The van der Waals surface area contributed by atoms with Crippen molar-refractivity contribution in [3.63, 3.8) is 0 Å². The fourth-order valence-corrected chi connectivity index (χ4v) is 1.95. The van der Waals surface area contributed by atoms with Crippen LogP contribution in [0.5, 0.6) is 0 Å². The second kappa shape index (κ2) is 6.34. The molecule has 0 N–H and O–H groups in total. The lowest BCUT2D eigenvalue weighted by molar-refractivity contribution is -0.0706. The summed E-state index contributed by atoms with van der Waals surface area (Å²) in [6, 6.07) is 12.6. The van der Waals surface area contributed by atoms with Gasteiger partial charge in [-0.3, -0.25) is 0 Å². The Bertz CT molecular complexity index is 656. The van der Waals surface area contributed by atoms with E-state index in [0.717, 1.165) is 24.3 Å². The lowest BCUT2D eigenvalue weighted by atomic mass is 10.0. The molecular weight excluding hydrogens is 318 g/mol. The van der Waals surface area contributed by atoms with Crippen molar-refractivity contribution >= 4 is 11.1 Å². The number of halogens is 6. The molecule has 2 rings (SSSR count). The zero-order valence-electron chi connectivity index (χ0n) is 11.5. The van der Waals surface area contributed by atoms with Gasteiger partial charge in [0.1, 0.15) is 11.1 Å². The maximum Gasteiger partial charge on any atom is 0.424 e. The van der Waals surface area contributed by atoms with E-state index in [4.69, 9.17) is 0 Å². The van der Waals surface area contributed by atoms with Gasteiger partial charge in [-0.1, -0.05) is 66.4 Å². The zero-order chi connectivity index (χ0) is 17.1. The van der Waals surface area contributed by atoms with Crippen molar-refractivity contribution in [3.8, 4) is 0 Å². The summed E-state index contributed by atoms with van der Waals surface area (Å²) in [5.41, 5.74) is -2.13. The van der Waals surface area contributed by atoms with Crippen molar-refractivity contribution in [1.29, 1.82) is 0 Å². The lowest BCUT2D eigenvalue weighted by Crippen LogP contribution is -2.13. The summed E-state index contributed by atoms with van der Waals surface area (Å²) in [6.07, 6.45) is -9.93. The quantitative estimate of drug-likeness (QED) is 0.477. The summed E-state index contributed by atoms with van der Waals surface area (Å²) >= 11 is 0. The van der Waals surface area contributed by atoms with E-state index in [-0.39, 0.29) is 11.1 Å². The van der Waals surface area contributed by atoms with Crippen LogP contribution < -0.4 is 0 Å². The largest absolute Gasteiger partial charge is 0.424 e. The van der Waals surface area contributed by atoms with Crippen LogP contribution in [0.4, 0.5) is 26.3 Å². The molecule has 0 aromatic heterocycles. The van der Waals surface area contributed by atoms with Gasteiger partial charge in [-0.25, -0.2) is 0 Å². The zero-order valence-corrected chi connectivity index (χ0v) is 11.5. The molecule has 0 saturated carbocycles. The van der Waals surface area contributed by atoms with Gasteiger partial charge in [0, 0.05) is 0 Å². The number of alkyl halides is 6. The SMILES string of the molecule is FC(F)(F)C(=C=C(c1ccccc1)C(F)(F)F)c1ccccc1. The van der Waals surface area contributed by atoms with Gasteiger partial charge in [-0.15, -0.1) is 0 Å². The molecule has 0 fully saturated rings. The Hall–Kier alpha value is -2.46. The predicted octanol–water partition coefficient (Wildman–Crippen LogP) is 5.88. The highest BCUT2D eigenvalue weighted by molar-refractivity contribution is 5.79. The van der Waals surface area contributed by atoms with E-state index in [2.05, 4.69) is 0 Å². The van der Waals surface area contributed by atoms with Crippen LogP contribution in [0.2, 0.25) is 0 Å². The van der Waals surface area contributed by atoms with Crippen LogP contribution in [0, 0.1) is 0 Å². The molecule has 2 aromatic carbocycles. The van der Waals surface area contributed by atoms with E-state index in [1.54, 1.807) is 5.73 Å². The molecule has 0 spiro atoms. The number of hydrogen-bond donors (Lipinski definition) is 0. The molecule has 23 heavy (non-hydrogen) atoms. The molecule has 0 aliphatic rings. The highest BCUT2D eigenvalue weighted by Gasteiger charge is 2.39. The van der Waals surface area contributed by atoms with Crippen LogP contribution in [0.25, 0.3) is 11.1 Å². The van der Waals surface area contributed by atoms with Gasteiger partial charge in [-0.2, -0.15) is 26.3 Å². The summed E-state index contributed by atoms with van der Waals surface area (Å²) in [5.74, 6) is 0. The molecule has 6 heteroatoms. The van der Waals surface area contributed by atoms with Gasteiger partial charge in [0.15, 0.2) is 0 Å². The fourth-order valence-electron chi connectivity index (χ4n) is 1.95. The average molecular weight is 328 g/mol. The number of allylic oxidation sites excluding steroid dienone is 1. The first-order valence-electron chi connectivity index (χ1n) is 6.46. The van der Waals surface area contributed by atoms with Crippen LogP contribution in [0.1, 0.15) is 11.1 Å². The Balaban J connectivity index is 2.81. The molecule has 0 saturated heterocycles. The van der Waals surface area contributed by atoms with Gasteiger partial charge in [-0.05, 0) is 11.1 Å². The Morgan fingerprint density at radius 3 is 1.13 bits per heavy atom.